The maximum absolute atomic E-state index is 13.1. The maximum atomic E-state index is 13.1. The third kappa shape index (κ3) is 1.37. The van der Waals surface area contributed by atoms with Crippen LogP contribution in [-0.2, 0) is 0 Å². The Morgan fingerprint density at radius 2 is 1.75 bits per heavy atom. The van der Waals surface area contributed by atoms with Crippen molar-refractivity contribution in [3.05, 3.63) is 0 Å². The Bertz CT molecular complexity index is 158. The molecule has 2 heteroatoms. The van der Waals surface area contributed by atoms with Gasteiger partial charge in [0.15, 0.2) is 0 Å². The Morgan fingerprint density at radius 1 is 1.00 bits per heavy atom. The van der Waals surface area contributed by atoms with E-state index in [2.05, 4.69) is 0 Å². The Hall–Kier alpha value is -0.110. The summed E-state index contributed by atoms with van der Waals surface area (Å²) >= 11 is 0. The van der Waals surface area contributed by atoms with Gasteiger partial charge in [0, 0.05) is 0 Å². The van der Waals surface area contributed by atoms with Gasteiger partial charge in [-0.3, -0.25) is 0 Å². The lowest BCUT2D eigenvalue weighted by atomic mass is 9.69. The molecule has 0 spiro atoms. The molecule has 2 aliphatic rings. The topological polar surface area (TPSA) is 20.2 Å². The highest BCUT2D eigenvalue weighted by atomic mass is 19.1. The van der Waals surface area contributed by atoms with E-state index in [1.165, 1.54) is 19.3 Å². The van der Waals surface area contributed by atoms with E-state index in [4.69, 9.17) is 0 Å². The first-order chi connectivity index (χ1) is 5.79. The summed E-state index contributed by atoms with van der Waals surface area (Å²) in [6.45, 7) is 0. The number of alkyl halides is 1. The highest BCUT2D eigenvalue weighted by Gasteiger charge is 2.39. The molecule has 0 bridgehead atoms. The quantitative estimate of drug-likeness (QED) is 0.594. The molecule has 0 aromatic rings. The molecule has 2 rings (SSSR count). The molecule has 1 nitrogen and oxygen atoms in total. The van der Waals surface area contributed by atoms with E-state index in [0.29, 0.717) is 12.3 Å². The monoisotopic (exact) mass is 172 g/mol. The number of rotatable bonds is 0. The van der Waals surface area contributed by atoms with Crippen LogP contribution >= 0.6 is 0 Å². The Morgan fingerprint density at radius 3 is 2.58 bits per heavy atom. The number of aliphatic hydroxyl groups is 1. The lowest BCUT2D eigenvalue weighted by molar-refractivity contribution is -0.0449. The number of hydrogen-bond acceptors (Lipinski definition) is 1. The molecule has 0 amide bonds. The first-order valence-corrected chi connectivity index (χ1v) is 5.11. The van der Waals surface area contributed by atoms with E-state index in [-0.39, 0.29) is 5.92 Å². The van der Waals surface area contributed by atoms with Gasteiger partial charge in [-0.2, -0.15) is 0 Å². The van der Waals surface area contributed by atoms with Crippen molar-refractivity contribution in [1.29, 1.82) is 0 Å². The number of aliphatic hydroxyl groups excluding tert-OH is 1. The highest BCUT2D eigenvalue weighted by Crippen LogP contribution is 2.41. The number of halogens is 1. The van der Waals surface area contributed by atoms with Gasteiger partial charge in [0.05, 0.1) is 6.10 Å². The van der Waals surface area contributed by atoms with Crippen LogP contribution in [0.3, 0.4) is 0 Å². The first kappa shape index (κ1) is 8.49. The second-order valence-electron chi connectivity index (χ2n) is 4.29. The van der Waals surface area contributed by atoms with Crippen LogP contribution in [0.15, 0.2) is 0 Å². The van der Waals surface area contributed by atoms with Gasteiger partial charge in [-0.05, 0) is 31.1 Å². The molecule has 4 atom stereocenters. The molecule has 0 aromatic carbocycles. The molecule has 70 valence electrons. The molecule has 0 saturated heterocycles. The second-order valence-corrected chi connectivity index (χ2v) is 4.29. The summed E-state index contributed by atoms with van der Waals surface area (Å²) in [5.41, 5.74) is 0. The van der Waals surface area contributed by atoms with E-state index >= 15 is 0 Å². The standard InChI is InChI=1S/C10H17FO/c11-9-6-5-7-3-1-2-4-8(7)10(9)12/h7-10,12H,1-6H2/t7-,8+,9+,10-/m1/s1. The van der Waals surface area contributed by atoms with E-state index in [9.17, 15) is 9.50 Å². The molecule has 2 saturated carbocycles. The molecule has 0 radical (unpaired) electrons. The third-order valence-electron chi connectivity index (χ3n) is 3.59. The molecule has 0 aromatic heterocycles. The third-order valence-corrected chi connectivity index (χ3v) is 3.59. The van der Waals surface area contributed by atoms with E-state index in [1.807, 2.05) is 0 Å². The maximum Gasteiger partial charge on any atom is 0.126 e. The molecular weight excluding hydrogens is 155 g/mol. The smallest absolute Gasteiger partial charge is 0.126 e. The summed E-state index contributed by atoms with van der Waals surface area (Å²) in [7, 11) is 0. The first-order valence-electron chi connectivity index (χ1n) is 5.11. The zero-order chi connectivity index (χ0) is 8.55. The van der Waals surface area contributed by atoms with Crippen molar-refractivity contribution < 1.29 is 9.50 Å². The van der Waals surface area contributed by atoms with Gasteiger partial charge in [-0.25, -0.2) is 4.39 Å². The predicted molar refractivity (Wildman–Crippen MR) is 45.6 cm³/mol. The molecule has 2 aliphatic carbocycles. The van der Waals surface area contributed by atoms with Crippen molar-refractivity contribution in [2.45, 2.75) is 50.8 Å². The summed E-state index contributed by atoms with van der Waals surface area (Å²) in [6.07, 6.45) is 4.73. The summed E-state index contributed by atoms with van der Waals surface area (Å²) in [4.78, 5) is 0. The van der Waals surface area contributed by atoms with Crippen molar-refractivity contribution in [3.8, 4) is 0 Å². The van der Waals surface area contributed by atoms with Crippen LogP contribution in [0.1, 0.15) is 38.5 Å². The van der Waals surface area contributed by atoms with E-state index < -0.39 is 12.3 Å². The van der Waals surface area contributed by atoms with Crippen molar-refractivity contribution in [2.75, 3.05) is 0 Å². The molecule has 0 unspecified atom stereocenters. The Labute approximate surface area is 73.0 Å². The fourth-order valence-corrected chi connectivity index (χ4v) is 2.86. The largest absolute Gasteiger partial charge is 0.390 e. The predicted octanol–water partition coefficient (Wildman–Crippen LogP) is 2.29. The minimum atomic E-state index is -0.940. The molecule has 1 N–H and O–H groups in total. The SMILES string of the molecule is O[C@@H]1[C@H]2CCCC[C@@H]2CC[C@@H]1F. The minimum Gasteiger partial charge on any atom is -0.390 e. The van der Waals surface area contributed by atoms with Crippen LogP contribution in [0, 0.1) is 11.8 Å². The fraction of sp³-hybridized carbons (Fsp3) is 1.00. The summed E-state index contributed by atoms with van der Waals surface area (Å²) in [6, 6.07) is 0. The van der Waals surface area contributed by atoms with Crippen LogP contribution < -0.4 is 0 Å². The van der Waals surface area contributed by atoms with Crippen LogP contribution in [-0.4, -0.2) is 17.4 Å². The van der Waals surface area contributed by atoms with Crippen LogP contribution in [0.5, 0.6) is 0 Å². The Kier molecular flexibility index (Phi) is 2.35. The lowest BCUT2D eigenvalue weighted by Gasteiger charge is -2.40. The van der Waals surface area contributed by atoms with Crippen molar-refractivity contribution in [3.63, 3.8) is 0 Å². The van der Waals surface area contributed by atoms with Crippen LogP contribution in [0.4, 0.5) is 4.39 Å². The van der Waals surface area contributed by atoms with Gasteiger partial charge >= 0.3 is 0 Å². The van der Waals surface area contributed by atoms with Crippen LogP contribution in [0.2, 0.25) is 0 Å². The molecule has 2 fully saturated rings. The van der Waals surface area contributed by atoms with Gasteiger partial charge in [-0.15, -0.1) is 0 Å². The molecule has 0 aliphatic heterocycles. The Balaban J connectivity index is 2.03. The van der Waals surface area contributed by atoms with E-state index in [0.717, 1.165) is 12.8 Å². The van der Waals surface area contributed by atoms with Gasteiger partial charge in [-0.1, -0.05) is 19.3 Å². The summed E-state index contributed by atoms with van der Waals surface area (Å²) in [5, 5.41) is 9.60. The summed E-state index contributed by atoms with van der Waals surface area (Å²) in [5.74, 6) is 0.906. The zero-order valence-corrected chi connectivity index (χ0v) is 7.38. The molecule has 0 heterocycles. The highest BCUT2D eigenvalue weighted by molar-refractivity contribution is 4.89. The number of fused-ring (bicyclic) bond motifs is 1. The lowest BCUT2D eigenvalue weighted by Crippen LogP contribution is -2.41. The zero-order valence-electron chi connectivity index (χ0n) is 7.38. The van der Waals surface area contributed by atoms with Gasteiger partial charge < -0.3 is 5.11 Å². The van der Waals surface area contributed by atoms with Gasteiger partial charge in [0.25, 0.3) is 0 Å². The fourth-order valence-electron chi connectivity index (χ4n) is 2.86. The van der Waals surface area contributed by atoms with Crippen LogP contribution in [0.25, 0.3) is 0 Å². The van der Waals surface area contributed by atoms with Crippen molar-refractivity contribution in [2.24, 2.45) is 11.8 Å². The normalized spacial score (nSPS) is 48.5. The second kappa shape index (κ2) is 3.33. The van der Waals surface area contributed by atoms with Crippen molar-refractivity contribution in [1.82, 2.24) is 0 Å². The van der Waals surface area contributed by atoms with Crippen molar-refractivity contribution >= 4 is 0 Å². The molecule has 12 heavy (non-hydrogen) atoms. The average molecular weight is 172 g/mol. The van der Waals surface area contributed by atoms with Gasteiger partial charge in [0.1, 0.15) is 6.17 Å². The van der Waals surface area contributed by atoms with E-state index in [1.54, 1.807) is 0 Å². The summed E-state index contributed by atoms with van der Waals surface area (Å²) < 4.78 is 13.1. The van der Waals surface area contributed by atoms with Gasteiger partial charge in [0.2, 0.25) is 0 Å². The molecular formula is C10H17FO. The number of hydrogen-bond donors (Lipinski definition) is 1. The average Bonchev–Trinajstić information content (AvgIpc) is 2.12. The minimum absolute atomic E-state index is 0.280.